The first-order valence-corrected chi connectivity index (χ1v) is 9.27. The summed E-state index contributed by atoms with van der Waals surface area (Å²) in [6.45, 7) is 2.44. The van der Waals surface area contributed by atoms with Crippen LogP contribution < -0.4 is 5.73 Å². The molecule has 0 spiro atoms. The van der Waals surface area contributed by atoms with Crippen molar-refractivity contribution in [2.24, 2.45) is 12.8 Å². The van der Waals surface area contributed by atoms with Crippen molar-refractivity contribution in [3.63, 3.8) is 0 Å². The van der Waals surface area contributed by atoms with E-state index in [2.05, 4.69) is 5.10 Å². The Bertz CT molecular complexity index is 866. The summed E-state index contributed by atoms with van der Waals surface area (Å²) in [6.07, 6.45) is 2.02. The number of carbonyl (C=O) groups excluding carboxylic acids is 1. The normalized spacial score (nSPS) is 12.3. The number of rotatable bonds is 6. The molecule has 6 heteroatoms. The zero-order chi connectivity index (χ0) is 18.0. The first-order valence-electron chi connectivity index (χ1n) is 8.07. The maximum atomic E-state index is 12.8. The van der Waals surface area contributed by atoms with Crippen LogP contribution in [0.3, 0.4) is 0 Å². The van der Waals surface area contributed by atoms with Crippen molar-refractivity contribution in [3.05, 3.63) is 62.9 Å². The Labute approximate surface area is 156 Å². The Kier molecular flexibility index (Phi) is 5.37. The first-order chi connectivity index (χ1) is 12.0. The Balaban J connectivity index is 1.85. The van der Waals surface area contributed by atoms with E-state index in [1.54, 1.807) is 10.9 Å². The lowest BCUT2D eigenvalue weighted by Gasteiger charge is -2.13. The van der Waals surface area contributed by atoms with E-state index in [4.69, 9.17) is 17.3 Å². The third kappa shape index (κ3) is 3.68. The average Bonchev–Trinajstić information content (AvgIpc) is 3.15. The van der Waals surface area contributed by atoms with Gasteiger partial charge in [-0.25, -0.2) is 0 Å². The zero-order valence-corrected chi connectivity index (χ0v) is 15.8. The number of nitrogens with two attached hydrogens (primary N) is 1. The molecule has 0 fully saturated rings. The number of nitrogens with zero attached hydrogens (tertiary/aromatic N) is 2. The van der Waals surface area contributed by atoms with E-state index >= 15 is 0 Å². The number of hydrogen-bond acceptors (Lipinski definition) is 4. The molecule has 3 aromatic rings. The van der Waals surface area contributed by atoms with Crippen LogP contribution in [-0.4, -0.2) is 22.1 Å². The van der Waals surface area contributed by atoms with E-state index in [0.717, 1.165) is 26.6 Å². The molecule has 0 saturated carbocycles. The van der Waals surface area contributed by atoms with E-state index in [1.165, 1.54) is 11.3 Å². The van der Waals surface area contributed by atoms with Gasteiger partial charge < -0.3 is 5.73 Å². The fraction of sp³-hybridized carbons (Fsp3) is 0.263. The summed E-state index contributed by atoms with van der Waals surface area (Å²) >= 11 is 7.74. The van der Waals surface area contributed by atoms with Crippen molar-refractivity contribution >= 4 is 28.7 Å². The lowest BCUT2D eigenvalue weighted by Crippen LogP contribution is -2.16. The summed E-state index contributed by atoms with van der Waals surface area (Å²) < 4.78 is 1.73. The fourth-order valence-electron chi connectivity index (χ4n) is 2.96. The number of carbonyl (C=O) groups is 1. The van der Waals surface area contributed by atoms with Crippen molar-refractivity contribution in [1.82, 2.24) is 9.78 Å². The highest BCUT2D eigenvalue weighted by Crippen LogP contribution is 2.36. The Morgan fingerprint density at radius 1 is 1.36 bits per heavy atom. The maximum Gasteiger partial charge on any atom is 0.173 e. The van der Waals surface area contributed by atoms with Crippen molar-refractivity contribution in [1.29, 1.82) is 0 Å². The average molecular weight is 374 g/mol. The summed E-state index contributed by atoms with van der Waals surface area (Å²) in [4.78, 5) is 14.6. The van der Waals surface area contributed by atoms with Crippen LogP contribution in [0.25, 0.3) is 11.3 Å². The molecule has 0 aliphatic carbocycles. The third-order valence-corrected chi connectivity index (χ3v) is 5.70. The maximum absolute atomic E-state index is 12.8. The van der Waals surface area contributed by atoms with Gasteiger partial charge in [-0.05, 0) is 25.1 Å². The Morgan fingerprint density at radius 2 is 2.08 bits per heavy atom. The van der Waals surface area contributed by atoms with E-state index < -0.39 is 0 Å². The zero-order valence-electron chi connectivity index (χ0n) is 14.2. The lowest BCUT2D eigenvalue weighted by atomic mass is 9.93. The van der Waals surface area contributed by atoms with Crippen LogP contribution in [0.1, 0.15) is 32.5 Å². The monoisotopic (exact) mass is 373 g/mol. The molecule has 0 saturated heterocycles. The minimum Gasteiger partial charge on any atom is -0.330 e. The van der Waals surface area contributed by atoms with Gasteiger partial charge in [-0.2, -0.15) is 5.10 Å². The van der Waals surface area contributed by atoms with Crippen molar-refractivity contribution in [3.8, 4) is 11.3 Å². The van der Waals surface area contributed by atoms with Gasteiger partial charge in [0.25, 0.3) is 0 Å². The van der Waals surface area contributed by atoms with Crippen molar-refractivity contribution in [2.75, 3.05) is 6.54 Å². The van der Waals surface area contributed by atoms with Gasteiger partial charge in [-0.15, -0.1) is 11.3 Å². The van der Waals surface area contributed by atoms with E-state index in [1.807, 2.05) is 50.4 Å². The number of aromatic nitrogens is 2. The molecular weight excluding hydrogens is 354 g/mol. The quantitative estimate of drug-likeness (QED) is 0.650. The lowest BCUT2D eigenvalue weighted by molar-refractivity contribution is 0.0978. The second-order valence-electron chi connectivity index (χ2n) is 6.02. The molecule has 2 N–H and O–H groups in total. The SMILES string of the molecule is Cc1sc(C(=O)C[C@H](CN)c2ccccc2)cc1-c1c(Cl)cnn1C. The van der Waals surface area contributed by atoms with Crippen LogP contribution in [0, 0.1) is 6.92 Å². The third-order valence-electron chi connectivity index (χ3n) is 4.33. The second-order valence-corrected chi connectivity index (χ2v) is 7.68. The largest absolute Gasteiger partial charge is 0.330 e. The Hall–Kier alpha value is -1.95. The molecule has 4 nitrogen and oxygen atoms in total. The van der Waals surface area contributed by atoms with Gasteiger partial charge in [0.1, 0.15) is 0 Å². The van der Waals surface area contributed by atoms with Crippen LogP contribution in [0.5, 0.6) is 0 Å². The van der Waals surface area contributed by atoms with E-state index in [0.29, 0.717) is 18.0 Å². The fourth-order valence-corrected chi connectivity index (χ4v) is 4.19. The predicted octanol–water partition coefficient (Wildman–Crippen LogP) is 4.43. The molecule has 25 heavy (non-hydrogen) atoms. The molecule has 2 aromatic heterocycles. The highest BCUT2D eigenvalue weighted by Gasteiger charge is 2.21. The summed E-state index contributed by atoms with van der Waals surface area (Å²) in [5, 5.41) is 4.77. The predicted molar refractivity (Wildman–Crippen MR) is 103 cm³/mol. The van der Waals surface area contributed by atoms with Crippen LogP contribution >= 0.6 is 22.9 Å². The summed E-state index contributed by atoms with van der Waals surface area (Å²) in [5.74, 6) is 0.136. The molecule has 0 radical (unpaired) electrons. The van der Waals surface area contributed by atoms with Crippen LogP contribution in [0.15, 0.2) is 42.6 Å². The van der Waals surface area contributed by atoms with Crippen LogP contribution in [0.2, 0.25) is 5.02 Å². The molecule has 0 bridgehead atoms. The number of benzene rings is 1. The van der Waals surface area contributed by atoms with Gasteiger partial charge in [-0.1, -0.05) is 41.9 Å². The number of Topliss-reactive ketones (excluding diaryl/α,β-unsaturated/α-hetero) is 1. The van der Waals surface area contributed by atoms with Gasteiger partial charge in [0, 0.05) is 29.8 Å². The molecule has 130 valence electrons. The number of ketones is 1. The molecule has 0 amide bonds. The van der Waals surface area contributed by atoms with Crippen LogP contribution in [0.4, 0.5) is 0 Å². The minimum atomic E-state index is 0.0276. The molecular formula is C19H20ClN3OS. The van der Waals surface area contributed by atoms with Gasteiger partial charge in [-0.3, -0.25) is 9.48 Å². The number of hydrogen-bond donors (Lipinski definition) is 1. The molecule has 0 unspecified atom stereocenters. The highest BCUT2D eigenvalue weighted by atomic mass is 35.5. The number of halogens is 1. The summed E-state index contributed by atoms with van der Waals surface area (Å²) in [5.41, 5.74) is 8.81. The van der Waals surface area contributed by atoms with Gasteiger partial charge in [0.15, 0.2) is 5.78 Å². The topological polar surface area (TPSA) is 60.9 Å². The summed E-state index contributed by atoms with van der Waals surface area (Å²) in [7, 11) is 1.85. The molecule has 1 atom stereocenters. The van der Waals surface area contributed by atoms with Gasteiger partial charge in [0.05, 0.1) is 21.8 Å². The minimum absolute atomic E-state index is 0.0276. The second kappa shape index (κ2) is 7.52. The Morgan fingerprint density at radius 3 is 2.68 bits per heavy atom. The molecule has 0 aliphatic rings. The first kappa shape index (κ1) is 17.9. The van der Waals surface area contributed by atoms with E-state index in [-0.39, 0.29) is 11.7 Å². The van der Waals surface area contributed by atoms with Crippen molar-refractivity contribution < 1.29 is 4.79 Å². The molecule has 2 heterocycles. The van der Waals surface area contributed by atoms with Crippen LogP contribution in [-0.2, 0) is 7.05 Å². The molecule has 3 rings (SSSR count). The molecule has 0 aliphatic heterocycles. The van der Waals surface area contributed by atoms with Gasteiger partial charge >= 0.3 is 0 Å². The number of aryl methyl sites for hydroxylation is 2. The van der Waals surface area contributed by atoms with Crippen molar-refractivity contribution in [2.45, 2.75) is 19.3 Å². The van der Waals surface area contributed by atoms with E-state index in [9.17, 15) is 4.79 Å². The molecule has 1 aromatic carbocycles. The van der Waals surface area contributed by atoms with Gasteiger partial charge in [0.2, 0.25) is 0 Å². The standard InChI is InChI=1S/C19H20ClN3OS/c1-12-15(19-16(20)11-22-23(19)2)9-18(25-12)17(24)8-14(10-21)13-6-4-3-5-7-13/h3-7,9,11,14H,8,10,21H2,1-2H3/t14-/m1/s1. The smallest absolute Gasteiger partial charge is 0.173 e. The highest BCUT2D eigenvalue weighted by molar-refractivity contribution is 7.14. The summed E-state index contributed by atoms with van der Waals surface area (Å²) in [6, 6.07) is 11.9. The number of thiophene rings is 1.